The number of rotatable bonds is 5. The van der Waals surface area contributed by atoms with Crippen LogP contribution in [0.3, 0.4) is 0 Å². The van der Waals surface area contributed by atoms with E-state index >= 15 is 0 Å². The summed E-state index contributed by atoms with van der Waals surface area (Å²) in [7, 11) is 0. The van der Waals surface area contributed by atoms with Crippen molar-refractivity contribution in [2.75, 3.05) is 6.54 Å². The molecule has 114 valence electrons. The summed E-state index contributed by atoms with van der Waals surface area (Å²) in [6.07, 6.45) is 0.815. The van der Waals surface area contributed by atoms with Crippen LogP contribution >= 0.6 is 0 Å². The highest BCUT2D eigenvalue weighted by Crippen LogP contribution is 2.20. The lowest BCUT2D eigenvalue weighted by molar-refractivity contribution is -0.129. The third-order valence-corrected chi connectivity index (χ3v) is 3.28. The first-order valence-electron chi connectivity index (χ1n) is 6.63. The topological polar surface area (TPSA) is 67.4 Å². The van der Waals surface area contributed by atoms with E-state index < -0.39 is 6.61 Å². The molecule has 1 aliphatic rings. The van der Waals surface area contributed by atoms with Gasteiger partial charge in [-0.25, -0.2) is 0 Å². The van der Waals surface area contributed by atoms with E-state index in [0.717, 1.165) is 0 Å². The molecule has 1 saturated heterocycles. The van der Waals surface area contributed by atoms with E-state index in [1.807, 2.05) is 0 Å². The number of halogens is 2. The van der Waals surface area contributed by atoms with Crippen LogP contribution in [-0.2, 0) is 16.1 Å². The zero-order valence-corrected chi connectivity index (χ0v) is 11.3. The van der Waals surface area contributed by atoms with Gasteiger partial charge in [0, 0.05) is 25.1 Å². The Balaban J connectivity index is 1.90. The summed E-state index contributed by atoms with van der Waals surface area (Å²) in [6, 6.07) is 6.30. The minimum Gasteiger partial charge on any atom is -0.434 e. The molecule has 0 aliphatic carbocycles. The van der Waals surface area contributed by atoms with Crippen LogP contribution in [0, 0.1) is 5.92 Å². The highest BCUT2D eigenvalue weighted by Gasteiger charge is 2.24. The standard InChI is InChI=1S/C14H16F2N2O3/c15-14(16)21-11-4-2-1-3-9(11)7-18-13(20)10-5-6-12(19)17-8-10/h1-4,10,14H,5-8H2,(H,17,19)(H,18,20). The molecule has 1 aliphatic heterocycles. The van der Waals surface area contributed by atoms with Gasteiger partial charge in [0.15, 0.2) is 0 Å². The van der Waals surface area contributed by atoms with Gasteiger partial charge in [-0.2, -0.15) is 8.78 Å². The van der Waals surface area contributed by atoms with Crippen molar-refractivity contribution in [2.24, 2.45) is 5.92 Å². The number of hydrogen-bond donors (Lipinski definition) is 2. The van der Waals surface area contributed by atoms with Crippen molar-refractivity contribution in [3.63, 3.8) is 0 Å². The van der Waals surface area contributed by atoms with E-state index in [0.29, 0.717) is 24.9 Å². The minimum absolute atomic E-state index is 0.0461. The molecule has 1 unspecified atom stereocenters. The Kier molecular flexibility index (Phi) is 5.08. The fourth-order valence-corrected chi connectivity index (χ4v) is 2.14. The SMILES string of the molecule is O=C1CCC(C(=O)NCc2ccccc2OC(F)F)CN1. The normalized spacial score (nSPS) is 18.2. The lowest BCUT2D eigenvalue weighted by Crippen LogP contribution is -2.42. The van der Waals surface area contributed by atoms with Crippen molar-refractivity contribution in [3.05, 3.63) is 29.8 Å². The Labute approximate surface area is 120 Å². The van der Waals surface area contributed by atoms with Crippen molar-refractivity contribution < 1.29 is 23.1 Å². The monoisotopic (exact) mass is 298 g/mol. The van der Waals surface area contributed by atoms with Gasteiger partial charge < -0.3 is 15.4 Å². The number of alkyl halides is 2. The predicted molar refractivity (Wildman–Crippen MR) is 70.7 cm³/mol. The van der Waals surface area contributed by atoms with E-state index in [2.05, 4.69) is 15.4 Å². The van der Waals surface area contributed by atoms with E-state index in [1.54, 1.807) is 18.2 Å². The summed E-state index contributed by atoms with van der Waals surface area (Å²) in [4.78, 5) is 23.0. The van der Waals surface area contributed by atoms with Crippen molar-refractivity contribution >= 4 is 11.8 Å². The number of para-hydroxylation sites is 1. The molecule has 1 heterocycles. The van der Waals surface area contributed by atoms with Gasteiger partial charge >= 0.3 is 6.61 Å². The van der Waals surface area contributed by atoms with Gasteiger partial charge in [-0.05, 0) is 12.5 Å². The summed E-state index contributed by atoms with van der Waals surface area (Å²) >= 11 is 0. The third kappa shape index (κ3) is 4.40. The first kappa shape index (κ1) is 15.2. The highest BCUT2D eigenvalue weighted by atomic mass is 19.3. The molecule has 0 aromatic heterocycles. The summed E-state index contributed by atoms with van der Waals surface area (Å²) < 4.78 is 28.9. The van der Waals surface area contributed by atoms with Crippen molar-refractivity contribution in [2.45, 2.75) is 26.0 Å². The van der Waals surface area contributed by atoms with Gasteiger partial charge in [-0.15, -0.1) is 0 Å². The molecule has 2 rings (SSSR count). The van der Waals surface area contributed by atoms with E-state index in [4.69, 9.17) is 0 Å². The summed E-state index contributed by atoms with van der Waals surface area (Å²) in [5, 5.41) is 5.31. The molecule has 2 amide bonds. The zero-order chi connectivity index (χ0) is 15.2. The van der Waals surface area contributed by atoms with Gasteiger partial charge in [0.05, 0.1) is 5.92 Å². The Bertz CT molecular complexity index is 513. The molecule has 0 saturated carbocycles. The molecule has 0 bridgehead atoms. The molecule has 1 aromatic rings. The second-order valence-corrected chi connectivity index (χ2v) is 4.74. The van der Waals surface area contributed by atoms with Gasteiger partial charge in [0.25, 0.3) is 0 Å². The van der Waals surface area contributed by atoms with Gasteiger partial charge in [0.1, 0.15) is 5.75 Å². The zero-order valence-electron chi connectivity index (χ0n) is 11.3. The Morgan fingerprint density at radius 2 is 2.19 bits per heavy atom. The van der Waals surface area contributed by atoms with Gasteiger partial charge in [-0.1, -0.05) is 18.2 Å². The molecular formula is C14H16F2N2O3. The second kappa shape index (κ2) is 7.01. The first-order chi connectivity index (χ1) is 10.1. The summed E-state index contributed by atoms with van der Waals surface area (Å²) in [5.74, 6) is -0.507. The molecule has 21 heavy (non-hydrogen) atoms. The number of carbonyl (C=O) groups is 2. The van der Waals surface area contributed by atoms with Gasteiger partial charge in [0.2, 0.25) is 11.8 Å². The Morgan fingerprint density at radius 1 is 1.43 bits per heavy atom. The smallest absolute Gasteiger partial charge is 0.387 e. The number of nitrogens with one attached hydrogen (secondary N) is 2. The molecule has 0 radical (unpaired) electrons. The number of piperidine rings is 1. The quantitative estimate of drug-likeness (QED) is 0.864. The lowest BCUT2D eigenvalue weighted by atomic mass is 9.98. The molecule has 1 atom stereocenters. The van der Waals surface area contributed by atoms with Crippen LogP contribution in [0.1, 0.15) is 18.4 Å². The first-order valence-corrected chi connectivity index (χ1v) is 6.63. The van der Waals surface area contributed by atoms with Crippen molar-refractivity contribution in [1.82, 2.24) is 10.6 Å². The largest absolute Gasteiger partial charge is 0.434 e. The van der Waals surface area contributed by atoms with Gasteiger partial charge in [-0.3, -0.25) is 9.59 Å². The summed E-state index contributed by atoms with van der Waals surface area (Å²) in [6.45, 7) is -2.50. The maximum Gasteiger partial charge on any atom is 0.387 e. The maximum atomic E-state index is 12.3. The fourth-order valence-electron chi connectivity index (χ4n) is 2.14. The molecule has 7 heteroatoms. The molecule has 1 aromatic carbocycles. The summed E-state index contributed by atoms with van der Waals surface area (Å²) in [5.41, 5.74) is 0.478. The average Bonchev–Trinajstić information content (AvgIpc) is 2.46. The van der Waals surface area contributed by atoms with Crippen LogP contribution in [-0.4, -0.2) is 25.0 Å². The minimum atomic E-state index is -2.91. The van der Waals surface area contributed by atoms with E-state index in [9.17, 15) is 18.4 Å². The lowest BCUT2D eigenvalue weighted by Gasteiger charge is -2.21. The number of ether oxygens (including phenoxy) is 1. The van der Waals surface area contributed by atoms with Crippen LogP contribution in [0.15, 0.2) is 24.3 Å². The predicted octanol–water partition coefficient (Wildman–Crippen LogP) is 1.43. The maximum absolute atomic E-state index is 12.3. The van der Waals surface area contributed by atoms with E-state index in [-0.39, 0.29) is 30.0 Å². The number of amides is 2. The molecule has 2 N–H and O–H groups in total. The highest BCUT2D eigenvalue weighted by molar-refractivity contribution is 5.83. The van der Waals surface area contributed by atoms with Crippen LogP contribution < -0.4 is 15.4 Å². The average molecular weight is 298 g/mol. The Hall–Kier alpha value is -2.18. The van der Waals surface area contributed by atoms with Crippen LogP contribution in [0.2, 0.25) is 0 Å². The number of hydrogen-bond acceptors (Lipinski definition) is 3. The number of carbonyl (C=O) groups excluding carboxylic acids is 2. The van der Waals surface area contributed by atoms with Crippen LogP contribution in [0.4, 0.5) is 8.78 Å². The van der Waals surface area contributed by atoms with Crippen LogP contribution in [0.25, 0.3) is 0 Å². The van der Waals surface area contributed by atoms with Crippen molar-refractivity contribution in [3.8, 4) is 5.75 Å². The molecular weight excluding hydrogens is 282 g/mol. The number of benzene rings is 1. The fraction of sp³-hybridized carbons (Fsp3) is 0.429. The van der Waals surface area contributed by atoms with Crippen molar-refractivity contribution in [1.29, 1.82) is 0 Å². The van der Waals surface area contributed by atoms with Crippen LogP contribution in [0.5, 0.6) is 5.75 Å². The third-order valence-electron chi connectivity index (χ3n) is 3.28. The Morgan fingerprint density at radius 3 is 2.86 bits per heavy atom. The molecule has 0 spiro atoms. The second-order valence-electron chi connectivity index (χ2n) is 4.74. The molecule has 5 nitrogen and oxygen atoms in total. The van der Waals surface area contributed by atoms with E-state index in [1.165, 1.54) is 6.07 Å². The molecule has 1 fully saturated rings.